The van der Waals surface area contributed by atoms with Gasteiger partial charge in [-0.05, 0) is 65.5 Å². The molecule has 2 heteroatoms. The van der Waals surface area contributed by atoms with Crippen LogP contribution in [-0.4, -0.2) is 22.4 Å². The van der Waals surface area contributed by atoms with Crippen molar-refractivity contribution in [2.75, 3.05) is 0 Å². The van der Waals surface area contributed by atoms with Gasteiger partial charge in [-0.15, -0.1) is 0 Å². The van der Waals surface area contributed by atoms with Crippen molar-refractivity contribution in [3.63, 3.8) is 0 Å². The van der Waals surface area contributed by atoms with E-state index in [1.165, 1.54) is 44.6 Å². The van der Waals surface area contributed by atoms with Crippen molar-refractivity contribution in [2.45, 2.75) is 94.3 Å². The third-order valence-corrected chi connectivity index (χ3v) is 11.0. The van der Waals surface area contributed by atoms with Crippen LogP contribution < -0.4 is 0 Å². The third-order valence-electron chi connectivity index (χ3n) is 11.0. The lowest BCUT2D eigenvalue weighted by Gasteiger charge is -2.57. The van der Waals surface area contributed by atoms with Crippen LogP contribution in [0.4, 0.5) is 0 Å². The average molecular weight is 383 g/mol. The largest absolute Gasteiger partial charge is 0.388 e. The SMILES string of the molecule is CC1=C(CCC2=C(C)[C@H](O)[C@]3(C)C(C)=C(C)[C@]23C)[C@@]2(C)C(C)=C(C)[C@@]2(C)[C@H]1O. The maximum Gasteiger partial charge on any atom is 0.0852 e. The summed E-state index contributed by atoms with van der Waals surface area (Å²) in [6.45, 7) is 22.3. The second-order valence-electron chi connectivity index (χ2n) is 10.8. The van der Waals surface area contributed by atoms with Crippen LogP contribution in [0.15, 0.2) is 44.6 Å². The molecule has 4 aliphatic carbocycles. The number of aliphatic hydroxyl groups is 2. The van der Waals surface area contributed by atoms with Crippen molar-refractivity contribution in [3.8, 4) is 0 Å². The first-order valence-corrected chi connectivity index (χ1v) is 10.9. The van der Waals surface area contributed by atoms with E-state index in [-0.39, 0.29) is 33.9 Å². The van der Waals surface area contributed by atoms with Crippen molar-refractivity contribution in [1.82, 2.24) is 0 Å². The highest BCUT2D eigenvalue weighted by molar-refractivity contribution is 5.59. The lowest BCUT2D eigenvalue weighted by Crippen LogP contribution is -2.52. The minimum Gasteiger partial charge on any atom is -0.388 e. The van der Waals surface area contributed by atoms with Crippen LogP contribution in [-0.2, 0) is 0 Å². The number of allylic oxidation sites excluding steroid dienone is 4. The molecule has 4 rings (SSSR count). The quantitative estimate of drug-likeness (QED) is 0.599. The Morgan fingerprint density at radius 2 is 0.857 bits per heavy atom. The maximum atomic E-state index is 11.1. The molecule has 0 aromatic carbocycles. The summed E-state index contributed by atoms with van der Waals surface area (Å²) in [4.78, 5) is 0. The zero-order valence-corrected chi connectivity index (χ0v) is 19.5. The molecule has 28 heavy (non-hydrogen) atoms. The predicted molar refractivity (Wildman–Crippen MR) is 116 cm³/mol. The van der Waals surface area contributed by atoms with E-state index in [0.29, 0.717) is 0 Å². The van der Waals surface area contributed by atoms with Crippen LogP contribution >= 0.6 is 0 Å². The van der Waals surface area contributed by atoms with Crippen LogP contribution in [0.1, 0.15) is 82.1 Å². The molecular weight excluding hydrogens is 344 g/mol. The van der Waals surface area contributed by atoms with Gasteiger partial charge in [-0.3, -0.25) is 0 Å². The molecule has 0 aliphatic heterocycles. The summed E-state index contributed by atoms with van der Waals surface area (Å²) < 4.78 is 0. The second-order valence-corrected chi connectivity index (χ2v) is 10.8. The number of hydrogen-bond donors (Lipinski definition) is 2. The first-order chi connectivity index (χ1) is 12.7. The van der Waals surface area contributed by atoms with Crippen LogP contribution in [0.5, 0.6) is 0 Å². The average Bonchev–Trinajstić information content (AvgIpc) is 2.90. The lowest BCUT2D eigenvalue weighted by atomic mass is 9.46. The van der Waals surface area contributed by atoms with Gasteiger partial charge < -0.3 is 10.2 Å². The Hall–Kier alpha value is -1.12. The van der Waals surface area contributed by atoms with E-state index in [1.807, 2.05) is 0 Å². The molecule has 0 saturated carbocycles. The molecule has 0 aromatic heterocycles. The van der Waals surface area contributed by atoms with Crippen molar-refractivity contribution >= 4 is 0 Å². The molecule has 0 heterocycles. The Morgan fingerprint density at radius 3 is 1.14 bits per heavy atom. The van der Waals surface area contributed by atoms with Gasteiger partial charge in [0.2, 0.25) is 0 Å². The molecule has 2 nitrogen and oxygen atoms in total. The topological polar surface area (TPSA) is 40.5 Å². The van der Waals surface area contributed by atoms with Gasteiger partial charge in [0, 0.05) is 21.7 Å². The Morgan fingerprint density at radius 1 is 0.571 bits per heavy atom. The van der Waals surface area contributed by atoms with Crippen LogP contribution in [0.25, 0.3) is 0 Å². The minimum absolute atomic E-state index is 0.0309. The van der Waals surface area contributed by atoms with Gasteiger partial charge in [-0.2, -0.15) is 0 Å². The highest BCUT2D eigenvalue weighted by atomic mass is 16.3. The molecule has 0 unspecified atom stereocenters. The van der Waals surface area contributed by atoms with Crippen molar-refractivity contribution < 1.29 is 10.2 Å². The summed E-state index contributed by atoms with van der Waals surface area (Å²) >= 11 is 0. The minimum atomic E-state index is -0.381. The first-order valence-electron chi connectivity index (χ1n) is 10.9. The Bertz CT molecular complexity index is 852. The first kappa shape index (κ1) is 20.2. The fraction of sp³-hybridized carbons (Fsp3) is 0.692. The fourth-order valence-electron chi connectivity index (χ4n) is 8.10. The Balaban J connectivity index is 1.70. The molecule has 0 fully saturated rings. The van der Waals surface area contributed by atoms with Crippen LogP contribution in [0, 0.1) is 21.7 Å². The van der Waals surface area contributed by atoms with Gasteiger partial charge in [0.15, 0.2) is 0 Å². The Labute approximate surface area is 171 Å². The van der Waals surface area contributed by atoms with E-state index in [9.17, 15) is 10.2 Å². The standard InChI is InChI=1S/C26H38O2/c1-13-19(23(7)15(3)17(5)25(23,9)21(13)27)11-12-20-14(2)22(28)26(10)18(6)16(4)24(20,26)8/h21-22,27-28H,11-12H2,1-10H3/t21-,22-,23+,24+,25-,26-/m0/s1. The fourth-order valence-corrected chi connectivity index (χ4v) is 8.10. The molecule has 6 atom stereocenters. The molecule has 154 valence electrons. The molecule has 4 aliphatic rings. The van der Waals surface area contributed by atoms with Gasteiger partial charge >= 0.3 is 0 Å². The summed E-state index contributed by atoms with van der Waals surface area (Å²) in [6, 6.07) is 0. The molecular formula is C26H38O2. The van der Waals surface area contributed by atoms with Gasteiger partial charge in [-0.1, -0.05) is 61.1 Å². The van der Waals surface area contributed by atoms with Gasteiger partial charge in [0.25, 0.3) is 0 Å². The van der Waals surface area contributed by atoms with Crippen LogP contribution in [0.3, 0.4) is 0 Å². The second kappa shape index (κ2) is 5.32. The van der Waals surface area contributed by atoms with Crippen molar-refractivity contribution in [1.29, 1.82) is 0 Å². The summed E-state index contributed by atoms with van der Waals surface area (Å²) in [6.07, 6.45) is 1.18. The highest BCUT2D eigenvalue weighted by Crippen LogP contribution is 2.73. The number of aliphatic hydroxyl groups excluding tert-OH is 2. The van der Waals surface area contributed by atoms with E-state index in [4.69, 9.17) is 0 Å². The number of fused-ring (bicyclic) bond motifs is 2. The van der Waals surface area contributed by atoms with E-state index in [2.05, 4.69) is 69.2 Å². The molecule has 0 amide bonds. The number of hydrogen-bond acceptors (Lipinski definition) is 2. The molecule has 0 radical (unpaired) electrons. The van der Waals surface area contributed by atoms with E-state index < -0.39 is 0 Å². The summed E-state index contributed by atoms with van der Waals surface area (Å²) in [5.74, 6) is 0. The highest BCUT2D eigenvalue weighted by Gasteiger charge is 2.67. The Kier molecular flexibility index (Phi) is 3.83. The zero-order valence-electron chi connectivity index (χ0n) is 19.5. The third kappa shape index (κ3) is 1.61. The van der Waals surface area contributed by atoms with E-state index in [0.717, 1.165) is 12.8 Å². The zero-order chi connectivity index (χ0) is 21.2. The summed E-state index contributed by atoms with van der Waals surface area (Å²) in [7, 11) is 0. The van der Waals surface area contributed by atoms with Gasteiger partial charge in [-0.25, -0.2) is 0 Å². The summed E-state index contributed by atoms with van der Waals surface area (Å²) in [5, 5.41) is 22.2. The van der Waals surface area contributed by atoms with Crippen molar-refractivity contribution in [3.05, 3.63) is 44.6 Å². The predicted octanol–water partition coefficient (Wildman–Crippen LogP) is 5.87. The summed E-state index contributed by atoms with van der Waals surface area (Å²) in [5.41, 5.74) is 10.4. The molecule has 0 saturated heterocycles. The van der Waals surface area contributed by atoms with E-state index >= 15 is 0 Å². The monoisotopic (exact) mass is 382 g/mol. The van der Waals surface area contributed by atoms with Gasteiger partial charge in [0.1, 0.15) is 0 Å². The maximum absolute atomic E-state index is 11.1. The lowest BCUT2D eigenvalue weighted by molar-refractivity contribution is 0.0209. The van der Waals surface area contributed by atoms with Gasteiger partial charge in [0.05, 0.1) is 12.2 Å². The molecule has 0 spiro atoms. The van der Waals surface area contributed by atoms with Crippen LogP contribution in [0.2, 0.25) is 0 Å². The number of rotatable bonds is 3. The normalized spacial score (nSPS) is 47.6. The smallest absolute Gasteiger partial charge is 0.0852 e. The molecule has 2 N–H and O–H groups in total. The molecule has 0 aromatic rings. The molecule has 0 bridgehead atoms. The van der Waals surface area contributed by atoms with E-state index in [1.54, 1.807) is 0 Å². The van der Waals surface area contributed by atoms with Crippen molar-refractivity contribution in [2.24, 2.45) is 21.7 Å².